The van der Waals surface area contributed by atoms with Crippen molar-refractivity contribution >= 4 is 11.9 Å². The first kappa shape index (κ1) is 30.9. The fraction of sp³-hybridized carbons (Fsp3) is 0.438. The van der Waals surface area contributed by atoms with Gasteiger partial charge in [-0.25, -0.2) is 9.59 Å². The summed E-state index contributed by atoms with van der Waals surface area (Å²) in [4.78, 5) is 24.9. The number of carbonyl (C=O) groups excluding carboxylic acids is 2. The second-order valence-corrected chi connectivity index (χ2v) is 10.1. The Labute approximate surface area is 246 Å². The van der Waals surface area contributed by atoms with Crippen molar-refractivity contribution in [1.29, 1.82) is 0 Å². The molecule has 2 saturated heterocycles. The van der Waals surface area contributed by atoms with Gasteiger partial charge >= 0.3 is 11.9 Å². The van der Waals surface area contributed by atoms with Crippen molar-refractivity contribution in [1.82, 2.24) is 0 Å². The molecule has 0 aromatic heterocycles. The average Bonchev–Trinajstić information content (AvgIpc) is 3.62. The Morgan fingerprint density at radius 2 is 0.952 bits per heavy atom. The molecule has 2 aromatic rings. The Morgan fingerprint density at radius 3 is 1.21 bits per heavy atom. The molecule has 0 radical (unpaired) electrons. The van der Waals surface area contributed by atoms with Crippen molar-refractivity contribution < 1.29 is 47.5 Å². The van der Waals surface area contributed by atoms with Crippen LogP contribution in [0.25, 0.3) is 0 Å². The van der Waals surface area contributed by atoms with Gasteiger partial charge in [0.25, 0.3) is 0 Å². The predicted molar refractivity (Wildman–Crippen MR) is 154 cm³/mol. The number of benzene rings is 2. The third-order valence-electron chi connectivity index (χ3n) is 7.79. The standard InChI is InChI=1S/C32H38O10/c1-9-17(3)31(33)41-29-23(35-5)11-19(12-24(29)36-6)27-21-15-40-28(22(21)16-39-27)20-13-25(37-7)30(26(14-20)38-8)42-32(34)18(4)10-2/h9-14,21-22,27-28H,15-16H2,1-8H3/t21-,22-,27+,28+/m0/s1. The molecule has 0 bridgehead atoms. The molecule has 226 valence electrons. The molecule has 10 nitrogen and oxygen atoms in total. The number of carbonyl (C=O) groups is 2. The van der Waals surface area contributed by atoms with E-state index in [1.165, 1.54) is 28.4 Å². The van der Waals surface area contributed by atoms with Gasteiger partial charge in [-0.2, -0.15) is 0 Å². The zero-order valence-electron chi connectivity index (χ0n) is 25.3. The molecule has 0 aliphatic carbocycles. The molecule has 42 heavy (non-hydrogen) atoms. The van der Waals surface area contributed by atoms with E-state index in [-0.39, 0.29) is 35.5 Å². The van der Waals surface area contributed by atoms with E-state index in [1.54, 1.807) is 64.1 Å². The largest absolute Gasteiger partial charge is 0.493 e. The molecule has 0 spiro atoms. The molecule has 10 heteroatoms. The van der Waals surface area contributed by atoms with Gasteiger partial charge in [0.1, 0.15) is 0 Å². The first-order valence-corrected chi connectivity index (χ1v) is 13.7. The molecule has 0 unspecified atom stereocenters. The summed E-state index contributed by atoms with van der Waals surface area (Å²) >= 11 is 0. The molecule has 0 saturated carbocycles. The van der Waals surface area contributed by atoms with Crippen molar-refractivity contribution in [3.05, 3.63) is 58.7 Å². The van der Waals surface area contributed by atoms with Crippen LogP contribution in [0.15, 0.2) is 47.6 Å². The SMILES string of the molecule is CC=C(C)C(=O)Oc1c(OC)cc([C@H]2OC[C@H]3[C@@H]2CO[C@@H]3c2cc(OC)c(OC(=O)C(C)=CC)c(OC)c2)cc1OC. The van der Waals surface area contributed by atoms with Gasteiger partial charge in [0.05, 0.1) is 53.9 Å². The molecular formula is C32H38O10. The zero-order chi connectivity index (χ0) is 30.6. The maximum Gasteiger partial charge on any atom is 0.339 e. The predicted octanol–water partition coefficient (Wildman–Crippen LogP) is 5.54. The Kier molecular flexibility index (Phi) is 9.80. The van der Waals surface area contributed by atoms with Gasteiger partial charge < -0.3 is 37.9 Å². The van der Waals surface area contributed by atoms with Crippen LogP contribution in [-0.2, 0) is 19.1 Å². The number of esters is 2. The van der Waals surface area contributed by atoms with Crippen molar-refractivity contribution in [2.24, 2.45) is 11.8 Å². The summed E-state index contributed by atoms with van der Waals surface area (Å²) in [5, 5.41) is 0. The number of allylic oxidation sites excluding steroid dienone is 2. The van der Waals surface area contributed by atoms with Gasteiger partial charge in [0.15, 0.2) is 23.0 Å². The highest BCUT2D eigenvalue weighted by molar-refractivity contribution is 5.90. The van der Waals surface area contributed by atoms with E-state index in [9.17, 15) is 9.59 Å². The summed E-state index contributed by atoms with van der Waals surface area (Å²) in [7, 11) is 6.03. The summed E-state index contributed by atoms with van der Waals surface area (Å²) in [6, 6.07) is 7.22. The zero-order valence-corrected chi connectivity index (χ0v) is 25.3. The Bertz CT molecular complexity index is 1240. The number of ether oxygens (including phenoxy) is 8. The molecule has 4 rings (SSSR count). The average molecular weight is 583 g/mol. The molecular weight excluding hydrogens is 544 g/mol. The van der Waals surface area contributed by atoms with E-state index in [1.807, 2.05) is 0 Å². The van der Waals surface area contributed by atoms with Gasteiger partial charge in [-0.3, -0.25) is 0 Å². The van der Waals surface area contributed by atoms with Crippen LogP contribution in [0.5, 0.6) is 34.5 Å². The van der Waals surface area contributed by atoms with Gasteiger partial charge in [0.2, 0.25) is 11.5 Å². The van der Waals surface area contributed by atoms with Crippen LogP contribution in [-0.4, -0.2) is 53.6 Å². The Morgan fingerprint density at radius 1 is 0.643 bits per heavy atom. The highest BCUT2D eigenvalue weighted by Gasteiger charge is 2.49. The normalized spacial score (nSPS) is 21.9. The lowest BCUT2D eigenvalue weighted by Gasteiger charge is -2.21. The van der Waals surface area contributed by atoms with E-state index >= 15 is 0 Å². The summed E-state index contributed by atoms with van der Waals surface area (Å²) in [6.07, 6.45) is 2.74. The number of hydrogen-bond acceptors (Lipinski definition) is 10. The van der Waals surface area contributed by atoms with Crippen molar-refractivity contribution in [2.45, 2.75) is 39.9 Å². The van der Waals surface area contributed by atoms with Gasteiger partial charge in [0, 0.05) is 23.0 Å². The first-order chi connectivity index (χ1) is 20.2. The van der Waals surface area contributed by atoms with E-state index < -0.39 is 11.9 Å². The van der Waals surface area contributed by atoms with Crippen LogP contribution in [0.2, 0.25) is 0 Å². The minimum absolute atomic E-state index is 0.0231. The second-order valence-electron chi connectivity index (χ2n) is 10.1. The van der Waals surface area contributed by atoms with E-state index in [4.69, 9.17) is 37.9 Å². The maximum absolute atomic E-state index is 12.5. The second kappa shape index (κ2) is 13.3. The van der Waals surface area contributed by atoms with Gasteiger partial charge in [-0.05, 0) is 63.1 Å². The fourth-order valence-electron chi connectivity index (χ4n) is 5.15. The van der Waals surface area contributed by atoms with Gasteiger partial charge in [-0.1, -0.05) is 12.2 Å². The smallest absolute Gasteiger partial charge is 0.339 e. The molecule has 2 heterocycles. The summed E-state index contributed by atoms with van der Waals surface area (Å²) in [5.41, 5.74) is 2.57. The Hall–Kier alpha value is -4.02. The maximum atomic E-state index is 12.5. The highest BCUT2D eigenvalue weighted by atomic mass is 16.6. The first-order valence-electron chi connectivity index (χ1n) is 13.7. The van der Waals surface area contributed by atoms with Crippen molar-refractivity contribution in [3.8, 4) is 34.5 Å². The summed E-state index contributed by atoms with van der Waals surface area (Å²) in [6.45, 7) is 7.78. The number of hydrogen-bond donors (Lipinski definition) is 0. The van der Waals surface area contributed by atoms with Crippen LogP contribution in [0.4, 0.5) is 0 Å². The van der Waals surface area contributed by atoms with E-state index in [0.29, 0.717) is 47.4 Å². The van der Waals surface area contributed by atoms with Crippen molar-refractivity contribution in [3.63, 3.8) is 0 Å². The fourth-order valence-corrected chi connectivity index (χ4v) is 5.15. The van der Waals surface area contributed by atoms with Crippen LogP contribution < -0.4 is 28.4 Å². The van der Waals surface area contributed by atoms with Crippen LogP contribution in [0.3, 0.4) is 0 Å². The number of fused-ring (bicyclic) bond motifs is 1. The van der Waals surface area contributed by atoms with Crippen LogP contribution in [0.1, 0.15) is 51.0 Å². The summed E-state index contributed by atoms with van der Waals surface area (Å²) < 4.78 is 46.2. The molecule has 2 aliphatic heterocycles. The minimum atomic E-state index is -0.491. The number of rotatable bonds is 10. The lowest BCUT2D eigenvalue weighted by atomic mass is 9.84. The molecule has 2 aromatic carbocycles. The molecule has 2 fully saturated rings. The van der Waals surface area contributed by atoms with Crippen molar-refractivity contribution in [2.75, 3.05) is 41.7 Å². The lowest BCUT2D eigenvalue weighted by Crippen LogP contribution is -2.16. The quantitative estimate of drug-likeness (QED) is 0.201. The molecule has 4 atom stereocenters. The van der Waals surface area contributed by atoms with E-state index in [0.717, 1.165) is 11.1 Å². The molecule has 2 aliphatic rings. The molecule has 0 N–H and O–H groups in total. The Balaban J connectivity index is 1.62. The van der Waals surface area contributed by atoms with E-state index in [2.05, 4.69) is 0 Å². The van der Waals surface area contributed by atoms with Gasteiger partial charge in [-0.15, -0.1) is 0 Å². The lowest BCUT2D eigenvalue weighted by molar-refractivity contribution is -0.131. The minimum Gasteiger partial charge on any atom is -0.493 e. The highest BCUT2D eigenvalue weighted by Crippen LogP contribution is 2.53. The third kappa shape index (κ3) is 5.96. The summed E-state index contributed by atoms with van der Waals surface area (Å²) in [5.74, 6) is 0.904. The van der Waals surface area contributed by atoms with Crippen LogP contribution >= 0.6 is 0 Å². The number of methoxy groups -OCH3 is 4. The van der Waals surface area contributed by atoms with Crippen LogP contribution in [0, 0.1) is 11.8 Å². The third-order valence-corrected chi connectivity index (χ3v) is 7.79. The topological polar surface area (TPSA) is 108 Å². The monoisotopic (exact) mass is 582 g/mol. The molecule has 0 amide bonds.